The van der Waals surface area contributed by atoms with Gasteiger partial charge in [0.2, 0.25) is 5.95 Å². The molecule has 1 saturated heterocycles. The number of nitrogens with two attached hydrogens (primary N) is 1. The van der Waals surface area contributed by atoms with Crippen LogP contribution in [0.15, 0.2) is 36.7 Å². The molecular weight excluding hydrogens is 356 g/mol. The number of carbonyl (C=O) groups is 1. The number of anilines is 1. The van der Waals surface area contributed by atoms with E-state index < -0.39 is 11.5 Å². The van der Waals surface area contributed by atoms with Gasteiger partial charge >= 0.3 is 6.03 Å². The molecule has 2 aromatic rings. The summed E-state index contributed by atoms with van der Waals surface area (Å²) in [7, 11) is 0. The Morgan fingerprint density at radius 1 is 1.21 bits per heavy atom. The van der Waals surface area contributed by atoms with Crippen LogP contribution in [0.25, 0.3) is 11.1 Å². The Morgan fingerprint density at radius 2 is 1.89 bits per heavy atom. The van der Waals surface area contributed by atoms with Crippen molar-refractivity contribution >= 4 is 17.8 Å². The first kappa shape index (κ1) is 18.4. The highest BCUT2D eigenvalue weighted by atomic mass is 16.3. The van der Waals surface area contributed by atoms with Gasteiger partial charge in [0.1, 0.15) is 5.84 Å². The Bertz CT molecular complexity index is 877. The summed E-state index contributed by atoms with van der Waals surface area (Å²) < 4.78 is 0. The zero-order valence-corrected chi connectivity index (χ0v) is 15.6. The fourth-order valence-electron chi connectivity index (χ4n) is 3.91. The first-order valence-electron chi connectivity index (χ1n) is 9.49. The molecule has 1 aromatic carbocycles. The maximum absolute atomic E-state index is 12.4. The maximum atomic E-state index is 12.4. The van der Waals surface area contributed by atoms with Gasteiger partial charge < -0.3 is 15.7 Å². The Labute approximate surface area is 163 Å². The van der Waals surface area contributed by atoms with Gasteiger partial charge in [-0.2, -0.15) is 0 Å². The van der Waals surface area contributed by atoms with E-state index in [1.165, 1.54) is 0 Å². The van der Waals surface area contributed by atoms with Crippen LogP contribution in [0.5, 0.6) is 0 Å². The van der Waals surface area contributed by atoms with Gasteiger partial charge in [-0.25, -0.2) is 14.8 Å². The number of hydrogen-bond acceptors (Lipinski definition) is 6. The summed E-state index contributed by atoms with van der Waals surface area (Å²) in [6.45, 7) is 0.843. The fourth-order valence-corrected chi connectivity index (χ4v) is 3.91. The number of β-amino-alcohol motifs (C(OH)–C–C–N with tert-alkyl or cyclic N) is 1. The average Bonchev–Trinajstić information content (AvgIpc) is 3.09. The molecule has 1 aliphatic carbocycles. The lowest BCUT2D eigenvalue weighted by Gasteiger charge is -2.43. The van der Waals surface area contributed by atoms with Gasteiger partial charge in [-0.15, -0.1) is 0 Å². The number of aliphatic hydroxyl groups is 1. The predicted molar refractivity (Wildman–Crippen MR) is 106 cm³/mol. The quantitative estimate of drug-likeness (QED) is 0.477. The molecule has 0 radical (unpaired) electrons. The summed E-state index contributed by atoms with van der Waals surface area (Å²) in [6.07, 6.45) is 6.17. The molecule has 2 amide bonds. The van der Waals surface area contributed by atoms with Crippen molar-refractivity contribution in [3.8, 4) is 11.1 Å². The van der Waals surface area contributed by atoms with E-state index in [9.17, 15) is 9.90 Å². The molecule has 4 rings (SSSR count). The van der Waals surface area contributed by atoms with Crippen molar-refractivity contribution in [3.63, 3.8) is 0 Å². The molecule has 5 N–H and O–H groups in total. The van der Waals surface area contributed by atoms with Crippen molar-refractivity contribution in [1.82, 2.24) is 20.2 Å². The average molecular weight is 380 g/mol. The molecule has 2 fully saturated rings. The predicted octanol–water partition coefficient (Wildman–Crippen LogP) is 1.90. The van der Waals surface area contributed by atoms with Crippen molar-refractivity contribution in [1.29, 1.82) is 5.41 Å². The van der Waals surface area contributed by atoms with Gasteiger partial charge in [-0.05, 0) is 30.4 Å². The number of benzene rings is 1. The van der Waals surface area contributed by atoms with E-state index in [-0.39, 0.29) is 17.8 Å². The molecule has 1 aliphatic heterocycles. The number of likely N-dealkylation sites (tertiary alicyclic amines) is 1. The van der Waals surface area contributed by atoms with Crippen molar-refractivity contribution in [2.24, 2.45) is 0 Å². The van der Waals surface area contributed by atoms with Gasteiger partial charge in [0.25, 0.3) is 0 Å². The molecule has 2 aliphatic rings. The maximum Gasteiger partial charge on any atom is 0.322 e. The normalized spacial score (nSPS) is 20.5. The third-order valence-electron chi connectivity index (χ3n) is 5.81. The molecule has 146 valence electrons. The third kappa shape index (κ3) is 3.31. The van der Waals surface area contributed by atoms with E-state index >= 15 is 0 Å². The fraction of sp³-hybridized carbons (Fsp3) is 0.400. The number of hydrogen-bond donors (Lipinski definition) is 4. The second-order valence-electron chi connectivity index (χ2n) is 7.54. The third-order valence-corrected chi connectivity index (χ3v) is 5.81. The van der Waals surface area contributed by atoms with E-state index in [0.717, 1.165) is 36.0 Å². The molecule has 0 spiro atoms. The molecule has 1 atom stereocenters. The Morgan fingerprint density at radius 3 is 2.43 bits per heavy atom. The zero-order chi connectivity index (χ0) is 19.7. The van der Waals surface area contributed by atoms with Crippen LogP contribution in [-0.2, 0) is 5.41 Å². The highest BCUT2D eigenvalue weighted by Gasteiger charge is 2.44. The number of aliphatic hydroxyl groups excluding tert-OH is 1. The summed E-state index contributed by atoms with van der Waals surface area (Å²) in [4.78, 5) is 22.0. The topological polar surface area (TPSA) is 128 Å². The lowest BCUT2D eigenvalue weighted by atomic mass is 9.63. The molecule has 0 unspecified atom stereocenters. The summed E-state index contributed by atoms with van der Waals surface area (Å²) in [5.41, 5.74) is 7.95. The summed E-state index contributed by atoms with van der Waals surface area (Å²) >= 11 is 0. The van der Waals surface area contributed by atoms with E-state index in [1.54, 1.807) is 17.3 Å². The second kappa shape index (κ2) is 7.20. The highest BCUT2D eigenvalue weighted by Crippen LogP contribution is 2.44. The van der Waals surface area contributed by atoms with E-state index in [4.69, 9.17) is 11.1 Å². The van der Waals surface area contributed by atoms with Gasteiger partial charge in [-0.1, -0.05) is 30.7 Å². The molecule has 1 aromatic heterocycles. The van der Waals surface area contributed by atoms with Crippen LogP contribution in [0, 0.1) is 5.41 Å². The number of rotatable bonds is 3. The van der Waals surface area contributed by atoms with Gasteiger partial charge in [0.15, 0.2) is 0 Å². The van der Waals surface area contributed by atoms with Crippen LogP contribution >= 0.6 is 0 Å². The number of carbonyl (C=O) groups excluding carboxylic acids is 1. The van der Waals surface area contributed by atoms with Crippen LogP contribution in [0.3, 0.4) is 0 Å². The van der Waals surface area contributed by atoms with Crippen LogP contribution in [0.2, 0.25) is 0 Å². The number of nitrogen functional groups attached to an aromatic ring is 1. The van der Waals surface area contributed by atoms with Crippen molar-refractivity contribution in [2.75, 3.05) is 18.8 Å². The van der Waals surface area contributed by atoms with Crippen LogP contribution < -0.4 is 11.1 Å². The van der Waals surface area contributed by atoms with E-state index in [2.05, 4.69) is 15.3 Å². The van der Waals surface area contributed by atoms with E-state index in [1.807, 2.05) is 24.3 Å². The Kier molecular flexibility index (Phi) is 4.72. The standard InChI is InChI=1S/C20H24N6O2/c21-17(25-19(28)26-9-6-16(27)12-26)20(7-1-8-20)15-4-2-13(3-5-15)14-10-23-18(22)24-11-14/h2-5,10-11,16,27H,1,6-9,12H2,(H2,21,25,28)(H2,22,23,24)/t16-/m1/s1. The minimum Gasteiger partial charge on any atom is -0.391 e. The minimum atomic E-state index is -0.470. The number of amides is 2. The van der Waals surface area contributed by atoms with Crippen molar-refractivity contribution < 1.29 is 9.90 Å². The zero-order valence-electron chi connectivity index (χ0n) is 15.6. The molecular formula is C20H24N6O2. The van der Waals surface area contributed by atoms with E-state index in [0.29, 0.717) is 19.5 Å². The largest absolute Gasteiger partial charge is 0.391 e. The Hall–Kier alpha value is -3.00. The van der Waals surface area contributed by atoms with Crippen LogP contribution in [0.1, 0.15) is 31.2 Å². The second-order valence-corrected chi connectivity index (χ2v) is 7.54. The number of nitrogens with one attached hydrogen (secondary N) is 2. The molecule has 8 heteroatoms. The van der Waals surface area contributed by atoms with Gasteiger partial charge in [0, 0.05) is 31.0 Å². The summed E-state index contributed by atoms with van der Waals surface area (Å²) in [6, 6.07) is 7.67. The summed E-state index contributed by atoms with van der Waals surface area (Å²) in [5, 5.41) is 20.9. The highest BCUT2D eigenvalue weighted by molar-refractivity contribution is 6.02. The molecule has 28 heavy (non-hydrogen) atoms. The Balaban J connectivity index is 1.50. The molecule has 1 saturated carbocycles. The number of urea groups is 1. The van der Waals surface area contributed by atoms with Crippen LogP contribution in [-0.4, -0.2) is 51.0 Å². The smallest absolute Gasteiger partial charge is 0.322 e. The number of nitrogens with zero attached hydrogens (tertiary/aromatic N) is 3. The summed E-state index contributed by atoms with van der Waals surface area (Å²) in [5.74, 6) is 0.470. The van der Waals surface area contributed by atoms with Gasteiger partial charge in [0.05, 0.1) is 11.5 Å². The SMILES string of the molecule is N=C(NC(=O)N1CC[C@@H](O)C1)C1(c2ccc(-c3cnc(N)nc3)cc2)CCC1. The first-order valence-corrected chi connectivity index (χ1v) is 9.49. The monoisotopic (exact) mass is 380 g/mol. The van der Waals surface area contributed by atoms with Crippen molar-refractivity contribution in [3.05, 3.63) is 42.2 Å². The number of aromatic nitrogens is 2. The minimum absolute atomic E-state index is 0.230. The lowest BCUT2D eigenvalue weighted by molar-refractivity contribution is 0.173. The first-order chi connectivity index (χ1) is 13.5. The van der Waals surface area contributed by atoms with Crippen LogP contribution in [0.4, 0.5) is 10.7 Å². The lowest BCUT2D eigenvalue weighted by Crippen LogP contribution is -2.53. The number of amidine groups is 1. The van der Waals surface area contributed by atoms with Gasteiger partial charge in [-0.3, -0.25) is 10.7 Å². The molecule has 0 bridgehead atoms. The molecule has 8 nitrogen and oxygen atoms in total. The van der Waals surface area contributed by atoms with Crippen molar-refractivity contribution in [2.45, 2.75) is 37.2 Å². The molecule has 2 heterocycles.